The molecule has 0 radical (unpaired) electrons. The second-order valence-electron chi connectivity index (χ2n) is 15.7. The van der Waals surface area contributed by atoms with Crippen molar-refractivity contribution < 1.29 is 4.42 Å². The van der Waals surface area contributed by atoms with Crippen molar-refractivity contribution in [1.29, 1.82) is 10.7 Å². The monoisotopic (exact) mass is 662 g/mol. The molecule has 5 heteroatoms. The van der Waals surface area contributed by atoms with E-state index in [1.807, 2.05) is 30.3 Å². The third-order valence-corrected chi connectivity index (χ3v) is 10.6. The van der Waals surface area contributed by atoms with E-state index in [0.29, 0.717) is 11.1 Å². The van der Waals surface area contributed by atoms with Gasteiger partial charge in [-0.25, -0.2) is 0 Å². The first-order chi connectivity index (χ1) is 24.5. The maximum Gasteiger partial charge on any atom is 0.145 e. The van der Waals surface area contributed by atoms with Gasteiger partial charge in [-0.15, -0.1) is 0 Å². The van der Waals surface area contributed by atoms with Gasteiger partial charge < -0.3 is 19.0 Å². The highest BCUT2D eigenvalue weighted by atomic mass is 16.3. The van der Waals surface area contributed by atoms with Crippen molar-refractivity contribution in [3.63, 3.8) is 0 Å². The molecule has 0 amide bonds. The minimum Gasteiger partial charge on any atom is -0.455 e. The van der Waals surface area contributed by atoms with Gasteiger partial charge in [-0.1, -0.05) is 90.1 Å². The first-order valence-electron chi connectivity index (χ1n) is 17.5. The number of para-hydroxylation sites is 2. The van der Waals surface area contributed by atoms with Crippen molar-refractivity contribution in [1.82, 2.24) is 9.13 Å². The summed E-state index contributed by atoms with van der Waals surface area (Å²) in [6, 6.07) is 40.8. The Hall–Kier alpha value is -6.12. The lowest BCUT2D eigenvalue weighted by molar-refractivity contribution is 0.590. The molecule has 0 bridgehead atoms. The summed E-state index contributed by atoms with van der Waals surface area (Å²) in [5.74, 6) is 0. The van der Waals surface area contributed by atoms with Gasteiger partial charge in [0.2, 0.25) is 0 Å². The summed E-state index contributed by atoms with van der Waals surface area (Å²) < 4.78 is 10.9. The Bertz CT molecular complexity index is 2890. The minimum atomic E-state index is -0.0205. The number of nitriles is 1. The van der Waals surface area contributed by atoms with Crippen LogP contribution in [0.25, 0.3) is 76.9 Å². The van der Waals surface area contributed by atoms with Gasteiger partial charge in [-0.3, -0.25) is 0 Å². The molecule has 0 aliphatic heterocycles. The lowest BCUT2D eigenvalue weighted by atomic mass is 9.85. The van der Waals surface area contributed by atoms with Crippen LogP contribution >= 0.6 is 0 Å². The summed E-state index contributed by atoms with van der Waals surface area (Å²) in [4.78, 5) is 0. The van der Waals surface area contributed by atoms with Crippen LogP contribution in [0.15, 0.2) is 114 Å². The van der Waals surface area contributed by atoms with E-state index in [1.165, 1.54) is 17.3 Å². The van der Waals surface area contributed by atoms with E-state index in [9.17, 15) is 5.26 Å². The van der Waals surface area contributed by atoms with Crippen molar-refractivity contribution >= 4 is 71.8 Å². The standard InChI is InChI=1S/C46H38N4O/c1-45(2,3)27-15-18-37-32(23-27)33-24-28(46(4,5)6)16-19-38(33)49(37)39-21-22-40(35(26-48)34(39)25-47)50-36-13-9-7-12-31(36)43-41(50)20-17-30-29-11-8-10-14-42(29)51-44(30)43/h7-24,26,48H,1-6H3. The number of aromatic nitrogens is 2. The van der Waals surface area contributed by atoms with Crippen LogP contribution in [0.2, 0.25) is 0 Å². The number of fused-ring (bicyclic) bond motifs is 10. The average molecular weight is 663 g/mol. The minimum absolute atomic E-state index is 0.0205. The fourth-order valence-corrected chi connectivity index (χ4v) is 7.95. The predicted molar refractivity (Wildman–Crippen MR) is 212 cm³/mol. The van der Waals surface area contributed by atoms with Crippen molar-refractivity contribution in [2.45, 2.75) is 52.4 Å². The highest BCUT2D eigenvalue weighted by molar-refractivity contribution is 6.24. The third kappa shape index (κ3) is 4.43. The lowest BCUT2D eigenvalue weighted by Crippen LogP contribution is -2.10. The molecule has 6 aromatic carbocycles. The van der Waals surface area contributed by atoms with Crippen molar-refractivity contribution in [2.75, 3.05) is 0 Å². The van der Waals surface area contributed by atoms with E-state index in [1.54, 1.807) is 0 Å². The molecule has 9 rings (SSSR count). The van der Waals surface area contributed by atoms with Crippen LogP contribution in [0.5, 0.6) is 0 Å². The molecule has 0 saturated carbocycles. The fraction of sp³-hybridized carbons (Fsp3) is 0.174. The smallest absolute Gasteiger partial charge is 0.145 e. The number of rotatable bonds is 3. The lowest BCUT2D eigenvalue weighted by Gasteiger charge is -2.19. The Morgan fingerprint density at radius 3 is 1.76 bits per heavy atom. The van der Waals surface area contributed by atoms with Crippen LogP contribution in [0.1, 0.15) is 63.8 Å². The second-order valence-corrected chi connectivity index (χ2v) is 15.7. The zero-order chi connectivity index (χ0) is 35.4. The first kappa shape index (κ1) is 30.9. The molecule has 0 spiro atoms. The molecular weight excluding hydrogens is 625 g/mol. The molecule has 1 N–H and O–H groups in total. The number of nitrogens with zero attached hydrogens (tertiary/aromatic N) is 3. The molecule has 0 fully saturated rings. The quantitative estimate of drug-likeness (QED) is 0.191. The molecule has 51 heavy (non-hydrogen) atoms. The molecule has 0 atom stereocenters. The second kappa shape index (κ2) is 10.7. The molecule has 9 aromatic rings. The molecule has 3 aromatic heterocycles. The number of nitrogens with one attached hydrogen (secondary N) is 1. The molecule has 0 aliphatic rings. The van der Waals surface area contributed by atoms with Crippen molar-refractivity contribution in [2.24, 2.45) is 0 Å². The van der Waals surface area contributed by atoms with E-state index in [2.05, 4.69) is 136 Å². The van der Waals surface area contributed by atoms with E-state index >= 15 is 0 Å². The zero-order valence-corrected chi connectivity index (χ0v) is 29.7. The Morgan fingerprint density at radius 1 is 0.588 bits per heavy atom. The SMILES string of the molecule is CC(C)(C)c1ccc2c(c1)c1cc(C(C)(C)C)ccc1n2-c1ccc(-n2c3ccccc3c3c4oc5ccccc5c4ccc32)c(C=N)c1C#N. The van der Waals surface area contributed by atoms with Gasteiger partial charge in [0.15, 0.2) is 0 Å². The Morgan fingerprint density at radius 2 is 1.14 bits per heavy atom. The Labute approximate surface area is 296 Å². The molecule has 0 saturated heterocycles. The van der Waals surface area contributed by atoms with Crippen LogP contribution in [-0.4, -0.2) is 15.3 Å². The summed E-state index contributed by atoms with van der Waals surface area (Å²) >= 11 is 0. The largest absolute Gasteiger partial charge is 0.455 e. The maximum atomic E-state index is 11.0. The van der Waals surface area contributed by atoms with Crippen LogP contribution < -0.4 is 0 Å². The van der Waals surface area contributed by atoms with Crippen LogP contribution in [0.4, 0.5) is 0 Å². The number of furan rings is 1. The van der Waals surface area contributed by atoms with Crippen LogP contribution in [0, 0.1) is 16.7 Å². The van der Waals surface area contributed by atoms with Crippen molar-refractivity contribution in [3.8, 4) is 17.4 Å². The fourth-order valence-electron chi connectivity index (χ4n) is 7.95. The van der Waals surface area contributed by atoms with Crippen LogP contribution in [-0.2, 0) is 10.8 Å². The average Bonchev–Trinajstić information content (AvgIpc) is 3.77. The molecule has 0 unspecified atom stereocenters. The zero-order valence-electron chi connectivity index (χ0n) is 29.7. The highest BCUT2D eigenvalue weighted by Gasteiger charge is 2.25. The molecule has 5 nitrogen and oxygen atoms in total. The molecule has 0 aliphatic carbocycles. The van der Waals surface area contributed by atoms with Gasteiger partial charge in [0.05, 0.1) is 44.4 Å². The van der Waals surface area contributed by atoms with Crippen molar-refractivity contribution in [3.05, 3.63) is 131 Å². The number of hydrogen-bond acceptors (Lipinski definition) is 3. The van der Waals surface area contributed by atoms with Gasteiger partial charge in [-0.2, -0.15) is 5.26 Å². The normalized spacial score (nSPS) is 12.6. The Kier molecular flexibility index (Phi) is 6.48. The topological polar surface area (TPSA) is 70.6 Å². The molecule has 248 valence electrons. The number of hydrogen-bond donors (Lipinski definition) is 1. The van der Waals surface area contributed by atoms with Crippen LogP contribution in [0.3, 0.4) is 0 Å². The maximum absolute atomic E-state index is 11.0. The van der Waals surface area contributed by atoms with E-state index < -0.39 is 0 Å². The molecule has 3 heterocycles. The van der Waals surface area contributed by atoms with Gasteiger partial charge in [0.1, 0.15) is 17.2 Å². The van der Waals surface area contributed by atoms with Gasteiger partial charge in [0, 0.05) is 38.7 Å². The summed E-state index contributed by atoms with van der Waals surface area (Å²) in [5.41, 5.74) is 10.7. The summed E-state index contributed by atoms with van der Waals surface area (Å²) in [6.45, 7) is 13.4. The number of benzene rings is 6. The third-order valence-electron chi connectivity index (χ3n) is 10.6. The van der Waals surface area contributed by atoms with Gasteiger partial charge >= 0.3 is 0 Å². The van der Waals surface area contributed by atoms with Gasteiger partial charge in [-0.05, 0) is 82.6 Å². The van der Waals surface area contributed by atoms with E-state index in [4.69, 9.17) is 9.83 Å². The van der Waals surface area contributed by atoms with E-state index in [0.717, 1.165) is 76.9 Å². The first-order valence-corrected chi connectivity index (χ1v) is 17.5. The molecular formula is C46H38N4O. The summed E-state index contributed by atoms with van der Waals surface area (Å²) in [5, 5.41) is 26.3. The predicted octanol–water partition coefficient (Wildman–Crippen LogP) is 12.2. The Balaban J connectivity index is 1.35. The van der Waals surface area contributed by atoms with E-state index in [-0.39, 0.29) is 10.8 Å². The summed E-state index contributed by atoms with van der Waals surface area (Å²) in [7, 11) is 0. The van der Waals surface area contributed by atoms with Gasteiger partial charge in [0.25, 0.3) is 0 Å². The highest BCUT2D eigenvalue weighted by Crippen LogP contribution is 2.43. The summed E-state index contributed by atoms with van der Waals surface area (Å²) in [6.07, 6.45) is 1.33.